The van der Waals surface area contributed by atoms with Gasteiger partial charge in [-0.1, -0.05) is 12.1 Å². The number of aromatic carboxylic acids is 2. The lowest BCUT2D eigenvalue weighted by molar-refractivity contribution is -0.274. The van der Waals surface area contributed by atoms with Gasteiger partial charge < -0.3 is 25.0 Å². The lowest BCUT2D eigenvalue weighted by Gasteiger charge is -2.13. The average Bonchev–Trinajstić information content (AvgIpc) is 2.74. The van der Waals surface area contributed by atoms with Crippen molar-refractivity contribution in [2.45, 2.75) is 6.36 Å². The second-order valence-electron chi connectivity index (χ2n) is 6.44. The Labute approximate surface area is 183 Å². The van der Waals surface area contributed by atoms with Gasteiger partial charge in [0.15, 0.2) is 5.75 Å². The van der Waals surface area contributed by atoms with Gasteiger partial charge in [-0.3, -0.25) is 4.79 Å². The van der Waals surface area contributed by atoms with E-state index in [0.717, 1.165) is 36.4 Å². The van der Waals surface area contributed by atoms with Gasteiger partial charge in [0.05, 0.1) is 16.8 Å². The zero-order valence-corrected chi connectivity index (χ0v) is 16.4. The van der Waals surface area contributed by atoms with Crippen LogP contribution in [0.2, 0.25) is 0 Å². The monoisotopic (exact) mass is 461 g/mol. The molecule has 3 N–H and O–H groups in total. The van der Waals surface area contributed by atoms with E-state index in [2.05, 4.69) is 10.1 Å². The van der Waals surface area contributed by atoms with Gasteiger partial charge in [0.2, 0.25) is 0 Å². The van der Waals surface area contributed by atoms with E-state index >= 15 is 0 Å². The van der Waals surface area contributed by atoms with E-state index in [1.165, 1.54) is 18.2 Å². The Hall–Kier alpha value is -4.54. The number of carboxylic acids is 2. The first kappa shape index (κ1) is 23.1. The third-order valence-corrected chi connectivity index (χ3v) is 4.17. The van der Waals surface area contributed by atoms with Crippen molar-refractivity contribution in [2.75, 3.05) is 5.32 Å². The van der Waals surface area contributed by atoms with Crippen LogP contribution in [0.1, 0.15) is 31.1 Å². The maximum atomic E-state index is 12.5. The number of para-hydroxylation sites is 2. The zero-order valence-electron chi connectivity index (χ0n) is 16.4. The summed E-state index contributed by atoms with van der Waals surface area (Å²) in [6, 6.07) is 13.7. The normalized spacial score (nSPS) is 10.9. The number of anilines is 1. The lowest BCUT2D eigenvalue weighted by Crippen LogP contribution is -2.17. The minimum Gasteiger partial charge on any atom is -0.478 e. The second-order valence-corrected chi connectivity index (χ2v) is 6.44. The van der Waals surface area contributed by atoms with Crippen molar-refractivity contribution >= 4 is 23.5 Å². The number of carbonyl (C=O) groups excluding carboxylic acids is 1. The lowest BCUT2D eigenvalue weighted by atomic mass is 10.1. The Morgan fingerprint density at radius 2 is 1.39 bits per heavy atom. The summed E-state index contributed by atoms with van der Waals surface area (Å²) >= 11 is 0. The molecular weight excluding hydrogens is 447 g/mol. The van der Waals surface area contributed by atoms with Crippen LogP contribution in [-0.4, -0.2) is 34.4 Å². The molecule has 0 bridgehead atoms. The predicted molar refractivity (Wildman–Crippen MR) is 108 cm³/mol. The minimum absolute atomic E-state index is 0.00718. The quantitative estimate of drug-likeness (QED) is 0.451. The molecule has 0 fully saturated rings. The molecule has 3 aromatic carbocycles. The summed E-state index contributed by atoms with van der Waals surface area (Å²) < 4.78 is 46.2. The number of nitrogens with one attached hydrogen (secondary N) is 1. The van der Waals surface area contributed by atoms with Crippen LogP contribution in [0.25, 0.3) is 0 Å². The molecule has 0 radical (unpaired) electrons. The van der Waals surface area contributed by atoms with E-state index in [9.17, 15) is 32.7 Å². The summed E-state index contributed by atoms with van der Waals surface area (Å²) in [6.45, 7) is 0. The minimum atomic E-state index is -4.86. The Bertz CT molecular complexity index is 1210. The van der Waals surface area contributed by atoms with Crippen molar-refractivity contribution < 1.29 is 47.2 Å². The molecular formula is C22H14F3NO7. The maximum absolute atomic E-state index is 12.5. The first-order valence-corrected chi connectivity index (χ1v) is 9.08. The highest BCUT2D eigenvalue weighted by Crippen LogP contribution is 2.31. The first-order chi connectivity index (χ1) is 15.5. The number of carboxylic acid groups (broad SMARTS) is 2. The molecule has 0 aromatic heterocycles. The SMILES string of the molecule is O=C(Nc1ccccc1Oc1ccc(C(=O)O)c(C(=O)O)c1)c1ccc(OC(F)(F)F)cc1. The summed E-state index contributed by atoms with van der Waals surface area (Å²) in [7, 11) is 0. The molecule has 0 atom stereocenters. The Balaban J connectivity index is 1.80. The molecule has 0 aliphatic rings. The Morgan fingerprint density at radius 1 is 0.788 bits per heavy atom. The topological polar surface area (TPSA) is 122 Å². The predicted octanol–water partition coefficient (Wildman–Crippen LogP) is 5.03. The molecule has 0 saturated carbocycles. The third kappa shape index (κ3) is 6.00. The van der Waals surface area contributed by atoms with Crippen LogP contribution >= 0.6 is 0 Å². The fraction of sp³-hybridized carbons (Fsp3) is 0.0455. The molecule has 0 spiro atoms. The van der Waals surface area contributed by atoms with Crippen molar-refractivity contribution in [1.29, 1.82) is 0 Å². The third-order valence-electron chi connectivity index (χ3n) is 4.17. The van der Waals surface area contributed by atoms with Crippen LogP contribution in [-0.2, 0) is 0 Å². The van der Waals surface area contributed by atoms with Gasteiger partial charge in [0.1, 0.15) is 11.5 Å². The van der Waals surface area contributed by atoms with Gasteiger partial charge in [-0.2, -0.15) is 0 Å². The van der Waals surface area contributed by atoms with Crippen LogP contribution in [0.15, 0.2) is 66.7 Å². The number of carbonyl (C=O) groups is 3. The molecule has 3 rings (SSSR count). The molecule has 0 saturated heterocycles. The van der Waals surface area contributed by atoms with Crippen LogP contribution < -0.4 is 14.8 Å². The number of rotatable bonds is 7. The highest BCUT2D eigenvalue weighted by atomic mass is 19.4. The first-order valence-electron chi connectivity index (χ1n) is 9.08. The number of ether oxygens (including phenoxy) is 2. The van der Waals surface area contributed by atoms with Gasteiger partial charge in [-0.15, -0.1) is 13.2 Å². The van der Waals surface area contributed by atoms with Crippen molar-refractivity contribution in [3.63, 3.8) is 0 Å². The van der Waals surface area contributed by atoms with E-state index in [1.807, 2.05) is 0 Å². The molecule has 0 aliphatic carbocycles. The molecule has 1 amide bonds. The molecule has 33 heavy (non-hydrogen) atoms. The summed E-state index contributed by atoms with van der Waals surface area (Å²) in [5, 5.41) is 20.9. The number of amides is 1. The van der Waals surface area contributed by atoms with Crippen molar-refractivity contribution in [2.24, 2.45) is 0 Å². The molecule has 0 aliphatic heterocycles. The van der Waals surface area contributed by atoms with Crippen LogP contribution in [0.4, 0.5) is 18.9 Å². The maximum Gasteiger partial charge on any atom is 0.573 e. The van der Waals surface area contributed by atoms with Gasteiger partial charge in [-0.25, -0.2) is 9.59 Å². The molecule has 11 heteroatoms. The van der Waals surface area contributed by atoms with Crippen molar-refractivity contribution in [3.8, 4) is 17.2 Å². The average molecular weight is 461 g/mol. The van der Waals surface area contributed by atoms with E-state index in [0.29, 0.717) is 0 Å². The van der Waals surface area contributed by atoms with E-state index < -0.39 is 41.1 Å². The number of hydrogen-bond donors (Lipinski definition) is 3. The van der Waals surface area contributed by atoms with Gasteiger partial charge in [0.25, 0.3) is 5.91 Å². The second kappa shape index (κ2) is 9.30. The fourth-order valence-corrected chi connectivity index (χ4v) is 2.74. The van der Waals surface area contributed by atoms with Gasteiger partial charge >= 0.3 is 18.3 Å². The fourth-order valence-electron chi connectivity index (χ4n) is 2.74. The highest BCUT2D eigenvalue weighted by Gasteiger charge is 2.31. The van der Waals surface area contributed by atoms with Crippen LogP contribution in [0.3, 0.4) is 0 Å². The smallest absolute Gasteiger partial charge is 0.478 e. The molecule has 3 aromatic rings. The van der Waals surface area contributed by atoms with E-state index in [-0.39, 0.29) is 22.7 Å². The Kier molecular flexibility index (Phi) is 6.52. The Morgan fingerprint density at radius 3 is 2.00 bits per heavy atom. The number of benzene rings is 3. The largest absolute Gasteiger partial charge is 0.573 e. The molecule has 0 heterocycles. The number of alkyl halides is 3. The molecule has 8 nitrogen and oxygen atoms in total. The van der Waals surface area contributed by atoms with Gasteiger partial charge in [-0.05, 0) is 54.6 Å². The summed E-state index contributed by atoms with van der Waals surface area (Å²) in [5.74, 6) is -3.90. The highest BCUT2D eigenvalue weighted by molar-refractivity contribution is 6.05. The van der Waals surface area contributed by atoms with Crippen molar-refractivity contribution in [1.82, 2.24) is 0 Å². The van der Waals surface area contributed by atoms with E-state index in [4.69, 9.17) is 9.84 Å². The van der Waals surface area contributed by atoms with Crippen molar-refractivity contribution in [3.05, 3.63) is 83.4 Å². The number of halogens is 3. The summed E-state index contributed by atoms with van der Waals surface area (Å²) in [6.07, 6.45) is -4.86. The van der Waals surface area contributed by atoms with Gasteiger partial charge in [0, 0.05) is 5.56 Å². The number of hydrogen-bond acceptors (Lipinski definition) is 5. The molecule has 170 valence electrons. The standard InChI is InChI=1S/C22H14F3NO7/c23-22(24,25)33-13-7-5-12(6-8-13)19(27)26-17-3-1-2-4-18(17)32-14-9-10-15(20(28)29)16(11-14)21(30)31/h1-11H,(H,26,27)(H,28,29)(H,30,31). The summed E-state index contributed by atoms with van der Waals surface area (Å²) in [4.78, 5) is 35.0. The summed E-state index contributed by atoms with van der Waals surface area (Å²) in [5.41, 5.74) is -0.687. The zero-order chi connectivity index (χ0) is 24.2. The van der Waals surface area contributed by atoms with Crippen LogP contribution in [0.5, 0.6) is 17.2 Å². The van der Waals surface area contributed by atoms with Crippen LogP contribution in [0, 0.1) is 0 Å². The van der Waals surface area contributed by atoms with E-state index in [1.54, 1.807) is 12.1 Å². The molecule has 0 unspecified atom stereocenters.